The molecule has 0 fully saturated rings. The van der Waals surface area contributed by atoms with E-state index < -0.39 is 0 Å². The summed E-state index contributed by atoms with van der Waals surface area (Å²) in [7, 11) is 0. The Balaban J connectivity index is 2.14. The molecule has 16 heavy (non-hydrogen) atoms. The molecule has 0 bridgehead atoms. The second-order valence-corrected chi connectivity index (χ2v) is 3.43. The maximum Gasteiger partial charge on any atom is 0.291 e. The number of amides is 1. The van der Waals surface area contributed by atoms with Crippen LogP contribution in [0.1, 0.15) is 16.1 Å². The lowest BCUT2D eigenvalue weighted by Gasteiger charge is -2.03. The van der Waals surface area contributed by atoms with Gasteiger partial charge in [0.1, 0.15) is 5.75 Å². The fraction of sp³-hybridized carbons (Fsp3) is 0.0833. The molecule has 0 saturated heterocycles. The number of carbonyl (C=O) groups excluding carboxylic acids is 1. The van der Waals surface area contributed by atoms with Crippen molar-refractivity contribution in [1.82, 2.24) is 0 Å². The third-order valence-electron chi connectivity index (χ3n) is 2.19. The topological polar surface area (TPSA) is 62.5 Å². The van der Waals surface area contributed by atoms with E-state index >= 15 is 0 Å². The van der Waals surface area contributed by atoms with Gasteiger partial charge in [-0.25, -0.2) is 0 Å². The Kier molecular flexibility index (Phi) is 2.64. The molecule has 1 aromatic heterocycles. The van der Waals surface area contributed by atoms with Gasteiger partial charge in [0.25, 0.3) is 5.91 Å². The van der Waals surface area contributed by atoms with Gasteiger partial charge in [-0.05, 0) is 37.3 Å². The zero-order chi connectivity index (χ0) is 11.5. The Morgan fingerprint density at radius 1 is 1.25 bits per heavy atom. The number of aryl methyl sites for hydroxylation is 1. The zero-order valence-corrected chi connectivity index (χ0v) is 8.73. The highest BCUT2D eigenvalue weighted by atomic mass is 16.3. The van der Waals surface area contributed by atoms with Crippen LogP contribution < -0.4 is 5.32 Å². The second-order valence-electron chi connectivity index (χ2n) is 3.43. The van der Waals surface area contributed by atoms with Crippen molar-refractivity contribution in [2.75, 3.05) is 5.32 Å². The summed E-state index contributed by atoms with van der Waals surface area (Å²) in [6.45, 7) is 1.80. The number of hydrogen-bond donors (Lipinski definition) is 2. The third-order valence-corrected chi connectivity index (χ3v) is 2.19. The van der Waals surface area contributed by atoms with Crippen molar-refractivity contribution in [2.45, 2.75) is 6.92 Å². The van der Waals surface area contributed by atoms with Gasteiger partial charge in [0, 0.05) is 11.3 Å². The van der Waals surface area contributed by atoms with E-state index in [-0.39, 0.29) is 11.7 Å². The van der Waals surface area contributed by atoms with Crippen LogP contribution in [0.4, 0.5) is 5.69 Å². The number of aromatic hydroxyl groups is 1. The molecular formula is C12H11NO3. The Morgan fingerprint density at radius 2 is 1.94 bits per heavy atom. The molecule has 4 nitrogen and oxygen atoms in total. The van der Waals surface area contributed by atoms with Gasteiger partial charge in [0.05, 0.1) is 6.26 Å². The van der Waals surface area contributed by atoms with Crippen molar-refractivity contribution in [3.63, 3.8) is 0 Å². The summed E-state index contributed by atoms with van der Waals surface area (Å²) >= 11 is 0. The molecule has 0 aliphatic rings. The van der Waals surface area contributed by atoms with E-state index in [2.05, 4.69) is 5.32 Å². The highest BCUT2D eigenvalue weighted by molar-refractivity contribution is 6.03. The summed E-state index contributed by atoms with van der Waals surface area (Å²) in [5, 5.41) is 11.8. The molecule has 1 aromatic carbocycles. The number of nitrogens with one attached hydrogen (secondary N) is 1. The fourth-order valence-electron chi connectivity index (χ4n) is 1.34. The predicted molar refractivity (Wildman–Crippen MR) is 59.5 cm³/mol. The highest BCUT2D eigenvalue weighted by Crippen LogP contribution is 2.16. The van der Waals surface area contributed by atoms with Gasteiger partial charge < -0.3 is 14.8 Å². The van der Waals surface area contributed by atoms with Crippen LogP contribution in [0.5, 0.6) is 5.75 Å². The first kappa shape index (κ1) is 10.3. The minimum Gasteiger partial charge on any atom is -0.508 e. The second kappa shape index (κ2) is 4.10. The van der Waals surface area contributed by atoms with Crippen LogP contribution in [-0.2, 0) is 0 Å². The Bertz CT molecular complexity index is 499. The first-order valence-electron chi connectivity index (χ1n) is 4.81. The molecule has 0 spiro atoms. The average molecular weight is 217 g/mol. The van der Waals surface area contributed by atoms with Gasteiger partial charge in [-0.3, -0.25) is 4.79 Å². The fourth-order valence-corrected chi connectivity index (χ4v) is 1.34. The van der Waals surface area contributed by atoms with E-state index in [1.807, 2.05) is 0 Å². The van der Waals surface area contributed by atoms with Crippen molar-refractivity contribution in [2.24, 2.45) is 0 Å². The molecule has 0 aliphatic carbocycles. The maximum atomic E-state index is 11.7. The Hall–Kier alpha value is -2.23. The van der Waals surface area contributed by atoms with Crippen molar-refractivity contribution in [3.8, 4) is 5.75 Å². The lowest BCUT2D eigenvalue weighted by Crippen LogP contribution is -2.11. The van der Waals surface area contributed by atoms with Crippen LogP contribution in [0.15, 0.2) is 41.0 Å². The Morgan fingerprint density at radius 3 is 2.50 bits per heavy atom. The number of phenols is 1. The van der Waals surface area contributed by atoms with E-state index in [4.69, 9.17) is 9.52 Å². The number of furan rings is 1. The number of phenolic OH excluding ortho intramolecular Hbond substituents is 1. The average Bonchev–Trinajstić information content (AvgIpc) is 2.68. The van der Waals surface area contributed by atoms with Gasteiger partial charge in [0.15, 0.2) is 5.76 Å². The van der Waals surface area contributed by atoms with Crippen LogP contribution in [0.3, 0.4) is 0 Å². The summed E-state index contributed by atoms with van der Waals surface area (Å²) in [6.07, 6.45) is 1.47. The van der Waals surface area contributed by atoms with E-state index in [0.717, 1.165) is 5.56 Å². The van der Waals surface area contributed by atoms with Gasteiger partial charge >= 0.3 is 0 Å². The summed E-state index contributed by atoms with van der Waals surface area (Å²) in [6, 6.07) is 7.97. The first-order chi connectivity index (χ1) is 7.66. The van der Waals surface area contributed by atoms with Crippen LogP contribution >= 0.6 is 0 Å². The normalized spacial score (nSPS) is 10.1. The van der Waals surface area contributed by atoms with E-state index in [1.165, 1.54) is 18.4 Å². The number of benzene rings is 1. The van der Waals surface area contributed by atoms with Crippen LogP contribution in [0.25, 0.3) is 0 Å². The molecular weight excluding hydrogens is 206 g/mol. The predicted octanol–water partition coefficient (Wildman–Crippen LogP) is 2.55. The summed E-state index contributed by atoms with van der Waals surface area (Å²) in [5.41, 5.74) is 1.40. The third kappa shape index (κ3) is 2.06. The zero-order valence-electron chi connectivity index (χ0n) is 8.73. The molecule has 1 amide bonds. The minimum absolute atomic E-state index is 0.159. The van der Waals surface area contributed by atoms with Crippen molar-refractivity contribution >= 4 is 11.6 Å². The molecule has 2 rings (SSSR count). The van der Waals surface area contributed by atoms with Crippen molar-refractivity contribution in [1.29, 1.82) is 0 Å². The molecule has 0 atom stereocenters. The van der Waals surface area contributed by atoms with Gasteiger partial charge in [-0.15, -0.1) is 0 Å². The van der Waals surface area contributed by atoms with Crippen LogP contribution in [0, 0.1) is 6.92 Å². The summed E-state index contributed by atoms with van der Waals surface area (Å²) < 4.78 is 5.06. The van der Waals surface area contributed by atoms with Crippen molar-refractivity contribution in [3.05, 3.63) is 47.9 Å². The first-order valence-corrected chi connectivity index (χ1v) is 4.81. The van der Waals surface area contributed by atoms with E-state index in [1.54, 1.807) is 25.1 Å². The molecule has 1 heterocycles. The summed E-state index contributed by atoms with van der Waals surface area (Å²) in [4.78, 5) is 11.7. The molecule has 0 saturated carbocycles. The SMILES string of the molecule is Cc1ccoc1C(=O)Nc1ccc(O)cc1. The number of anilines is 1. The van der Waals surface area contributed by atoms with E-state index in [9.17, 15) is 4.79 Å². The van der Waals surface area contributed by atoms with Crippen molar-refractivity contribution < 1.29 is 14.3 Å². The molecule has 4 heteroatoms. The van der Waals surface area contributed by atoms with Gasteiger partial charge in [0.2, 0.25) is 0 Å². The number of carbonyl (C=O) groups is 1. The molecule has 0 unspecified atom stereocenters. The molecule has 2 aromatic rings. The smallest absolute Gasteiger partial charge is 0.291 e. The number of rotatable bonds is 2. The Labute approximate surface area is 92.5 Å². The summed E-state index contributed by atoms with van der Waals surface area (Å²) in [5.74, 6) is 0.161. The van der Waals surface area contributed by atoms with Crippen LogP contribution in [0.2, 0.25) is 0 Å². The van der Waals surface area contributed by atoms with E-state index in [0.29, 0.717) is 11.4 Å². The van der Waals surface area contributed by atoms with Gasteiger partial charge in [-0.2, -0.15) is 0 Å². The maximum absolute atomic E-state index is 11.7. The highest BCUT2D eigenvalue weighted by Gasteiger charge is 2.12. The molecule has 2 N–H and O–H groups in total. The van der Waals surface area contributed by atoms with Crippen LogP contribution in [-0.4, -0.2) is 11.0 Å². The molecule has 0 aliphatic heterocycles. The lowest BCUT2D eigenvalue weighted by atomic mass is 10.2. The van der Waals surface area contributed by atoms with Gasteiger partial charge in [-0.1, -0.05) is 0 Å². The molecule has 0 radical (unpaired) electrons. The molecule has 82 valence electrons. The standard InChI is InChI=1S/C12H11NO3/c1-8-6-7-16-11(8)12(15)13-9-2-4-10(14)5-3-9/h2-7,14H,1H3,(H,13,15). The number of hydrogen-bond acceptors (Lipinski definition) is 3. The largest absolute Gasteiger partial charge is 0.508 e. The minimum atomic E-state index is -0.298. The lowest BCUT2D eigenvalue weighted by molar-refractivity contribution is 0.0996. The quantitative estimate of drug-likeness (QED) is 0.760. The monoisotopic (exact) mass is 217 g/mol.